The smallest absolute Gasteiger partial charge is 0.0115 e. The Morgan fingerprint density at radius 2 is 1.44 bits per heavy atom. The molecule has 0 aliphatic heterocycles. The van der Waals surface area contributed by atoms with Gasteiger partial charge in [0.25, 0.3) is 0 Å². The Hall–Kier alpha value is 0.730. The summed E-state index contributed by atoms with van der Waals surface area (Å²) in [6, 6.07) is 0. The molecule has 0 aromatic carbocycles. The van der Waals surface area contributed by atoms with Crippen LogP contribution >= 0.6 is 22.6 Å². The first-order valence-electron chi connectivity index (χ1n) is 3.82. The van der Waals surface area contributed by atoms with Crippen LogP contribution in [-0.4, -0.2) is 3.92 Å². The molecule has 0 aromatic rings. The zero-order valence-electron chi connectivity index (χ0n) is 6.23. The first kappa shape index (κ1) is 7.83. The molecule has 0 aromatic heterocycles. The molecule has 1 fully saturated rings. The maximum absolute atomic E-state index is 2.59. The summed E-state index contributed by atoms with van der Waals surface area (Å²) in [7, 11) is 0. The highest BCUT2D eigenvalue weighted by Crippen LogP contribution is 2.32. The molecule has 9 heavy (non-hydrogen) atoms. The quantitative estimate of drug-likeness (QED) is 0.449. The summed E-state index contributed by atoms with van der Waals surface area (Å²) in [4.78, 5) is 0. The predicted octanol–water partition coefficient (Wildman–Crippen LogP) is 3.25. The van der Waals surface area contributed by atoms with Crippen molar-refractivity contribution >= 4 is 22.6 Å². The summed E-state index contributed by atoms with van der Waals surface area (Å²) in [5.74, 6) is 1.96. The summed E-state index contributed by atoms with van der Waals surface area (Å²) in [6.07, 6.45) is 4.36. The van der Waals surface area contributed by atoms with E-state index in [4.69, 9.17) is 0 Å². The van der Waals surface area contributed by atoms with E-state index in [2.05, 4.69) is 36.4 Å². The van der Waals surface area contributed by atoms with Crippen LogP contribution < -0.4 is 0 Å². The molecule has 0 saturated heterocycles. The minimum atomic E-state index is 0.960. The maximum Gasteiger partial charge on any atom is 0.0115 e. The molecular weight excluding hydrogens is 223 g/mol. The van der Waals surface area contributed by atoms with Gasteiger partial charge in [-0.2, -0.15) is 0 Å². The number of hydrogen-bond donors (Lipinski definition) is 0. The monoisotopic (exact) mass is 238 g/mol. The number of halogens is 1. The van der Waals surface area contributed by atoms with E-state index in [1.54, 1.807) is 0 Å². The van der Waals surface area contributed by atoms with Crippen LogP contribution in [0.15, 0.2) is 0 Å². The lowest BCUT2D eigenvalue weighted by atomic mass is 9.84. The van der Waals surface area contributed by atoms with Gasteiger partial charge in [0.15, 0.2) is 0 Å². The van der Waals surface area contributed by atoms with Crippen molar-refractivity contribution in [1.82, 2.24) is 0 Å². The van der Waals surface area contributed by atoms with Crippen molar-refractivity contribution in [2.24, 2.45) is 11.8 Å². The second-order valence-corrected chi connectivity index (χ2v) is 5.28. The number of alkyl halides is 1. The molecule has 1 rings (SSSR count). The van der Waals surface area contributed by atoms with E-state index in [1.165, 1.54) is 19.3 Å². The normalized spacial score (nSPS) is 45.0. The van der Waals surface area contributed by atoms with Crippen molar-refractivity contribution in [2.75, 3.05) is 0 Å². The molecule has 1 aliphatic rings. The fourth-order valence-corrected chi connectivity index (χ4v) is 3.58. The lowest BCUT2D eigenvalue weighted by Gasteiger charge is -2.27. The summed E-state index contributed by atoms with van der Waals surface area (Å²) >= 11 is 2.59. The molecule has 0 amide bonds. The van der Waals surface area contributed by atoms with E-state index in [-0.39, 0.29) is 0 Å². The summed E-state index contributed by atoms with van der Waals surface area (Å²) < 4.78 is 0.960. The Balaban J connectivity index is 2.34. The molecule has 0 spiro atoms. The van der Waals surface area contributed by atoms with Gasteiger partial charge >= 0.3 is 0 Å². The van der Waals surface area contributed by atoms with Gasteiger partial charge < -0.3 is 0 Å². The third-order valence-corrected chi connectivity index (χ3v) is 3.14. The average Bonchev–Trinajstić information content (AvgIpc) is 1.59. The Kier molecular flexibility index (Phi) is 2.80. The molecule has 0 nitrogen and oxygen atoms in total. The van der Waals surface area contributed by atoms with Crippen LogP contribution in [0.1, 0.15) is 33.1 Å². The van der Waals surface area contributed by atoms with Gasteiger partial charge in [0.1, 0.15) is 0 Å². The first-order chi connectivity index (χ1) is 4.18. The van der Waals surface area contributed by atoms with Gasteiger partial charge in [-0.15, -0.1) is 0 Å². The van der Waals surface area contributed by atoms with Crippen LogP contribution in [-0.2, 0) is 0 Å². The molecule has 0 N–H and O–H groups in total. The van der Waals surface area contributed by atoms with Crippen LogP contribution in [0.2, 0.25) is 0 Å². The van der Waals surface area contributed by atoms with Gasteiger partial charge in [0, 0.05) is 3.92 Å². The number of rotatable bonds is 0. The Bertz CT molecular complexity index is 65.5. The largest absolute Gasteiger partial charge is 0.0826 e. The van der Waals surface area contributed by atoms with E-state index in [9.17, 15) is 0 Å². The molecule has 0 bridgehead atoms. The van der Waals surface area contributed by atoms with Gasteiger partial charge in [-0.1, -0.05) is 36.4 Å². The van der Waals surface area contributed by atoms with E-state index < -0.39 is 0 Å². The fraction of sp³-hybridized carbons (Fsp3) is 1.00. The second-order valence-electron chi connectivity index (χ2n) is 3.51. The predicted molar refractivity (Wildman–Crippen MR) is 50.0 cm³/mol. The van der Waals surface area contributed by atoms with Crippen molar-refractivity contribution in [3.8, 4) is 0 Å². The zero-order valence-corrected chi connectivity index (χ0v) is 8.39. The molecular formula is C8H15I. The van der Waals surface area contributed by atoms with Crippen LogP contribution in [0, 0.1) is 11.8 Å². The SMILES string of the molecule is C[C@@H]1CC(I)C[C@@H](C)C1. The van der Waals surface area contributed by atoms with Gasteiger partial charge in [-0.25, -0.2) is 0 Å². The molecule has 54 valence electrons. The van der Waals surface area contributed by atoms with E-state index in [1.807, 2.05) is 0 Å². The van der Waals surface area contributed by atoms with Crippen molar-refractivity contribution in [3.05, 3.63) is 0 Å². The average molecular weight is 238 g/mol. The highest BCUT2D eigenvalue weighted by molar-refractivity contribution is 14.1. The Morgan fingerprint density at radius 3 is 1.78 bits per heavy atom. The van der Waals surface area contributed by atoms with Crippen molar-refractivity contribution in [2.45, 2.75) is 37.0 Å². The van der Waals surface area contributed by atoms with Crippen molar-refractivity contribution in [1.29, 1.82) is 0 Å². The van der Waals surface area contributed by atoms with Gasteiger partial charge in [0.2, 0.25) is 0 Å². The highest BCUT2D eigenvalue weighted by Gasteiger charge is 2.21. The van der Waals surface area contributed by atoms with Crippen LogP contribution in [0.5, 0.6) is 0 Å². The lowest BCUT2D eigenvalue weighted by Crippen LogP contribution is -2.18. The van der Waals surface area contributed by atoms with E-state index in [0.717, 1.165) is 15.8 Å². The summed E-state index contributed by atoms with van der Waals surface area (Å²) in [5, 5.41) is 0. The third kappa shape index (κ3) is 2.44. The lowest BCUT2D eigenvalue weighted by molar-refractivity contribution is 0.315. The van der Waals surface area contributed by atoms with Crippen molar-refractivity contribution in [3.63, 3.8) is 0 Å². The summed E-state index contributed by atoms with van der Waals surface area (Å²) in [6.45, 7) is 4.75. The van der Waals surface area contributed by atoms with E-state index >= 15 is 0 Å². The minimum absolute atomic E-state index is 0.960. The molecule has 0 heterocycles. The van der Waals surface area contributed by atoms with Gasteiger partial charge in [-0.05, 0) is 31.1 Å². The standard InChI is InChI=1S/C8H15I/c1-6-3-7(2)5-8(9)4-6/h6-8H,3-5H2,1-2H3/t6-,7-/m0/s1. The summed E-state index contributed by atoms with van der Waals surface area (Å²) in [5.41, 5.74) is 0. The topological polar surface area (TPSA) is 0 Å². The van der Waals surface area contributed by atoms with E-state index in [0.29, 0.717) is 0 Å². The minimum Gasteiger partial charge on any atom is -0.0826 e. The Labute approximate surface area is 71.5 Å². The van der Waals surface area contributed by atoms with Crippen molar-refractivity contribution < 1.29 is 0 Å². The molecule has 1 saturated carbocycles. The second kappa shape index (κ2) is 3.22. The Morgan fingerprint density at radius 1 is 1.00 bits per heavy atom. The molecule has 2 atom stereocenters. The molecule has 0 radical (unpaired) electrons. The zero-order chi connectivity index (χ0) is 6.85. The number of hydrogen-bond acceptors (Lipinski definition) is 0. The van der Waals surface area contributed by atoms with Gasteiger partial charge in [-0.3, -0.25) is 0 Å². The molecule has 1 aliphatic carbocycles. The molecule has 0 unspecified atom stereocenters. The van der Waals surface area contributed by atoms with Crippen LogP contribution in [0.3, 0.4) is 0 Å². The van der Waals surface area contributed by atoms with Crippen LogP contribution in [0.4, 0.5) is 0 Å². The fourth-order valence-electron chi connectivity index (χ4n) is 1.85. The molecule has 1 heteroatoms. The highest BCUT2D eigenvalue weighted by atomic mass is 127. The van der Waals surface area contributed by atoms with Crippen LogP contribution in [0.25, 0.3) is 0 Å². The first-order valence-corrected chi connectivity index (χ1v) is 5.07. The maximum atomic E-state index is 2.59. The third-order valence-electron chi connectivity index (χ3n) is 2.12. The van der Waals surface area contributed by atoms with Gasteiger partial charge in [0.05, 0.1) is 0 Å².